The number of hydrogen-bond acceptors (Lipinski definition) is 4. The number of fused-ring (bicyclic) bond motifs is 1. The zero-order valence-electron chi connectivity index (χ0n) is 18.1. The number of piperidine rings is 1. The summed E-state index contributed by atoms with van der Waals surface area (Å²) in [6.07, 6.45) is 8.23. The molecule has 4 heterocycles. The molecule has 0 radical (unpaired) electrons. The van der Waals surface area contributed by atoms with Gasteiger partial charge in [0.25, 0.3) is 5.91 Å². The molecular weight excluding hydrogens is 390 g/mol. The standard InChI is InChI=1S/C24H31N5O2/c30-23(18-9-3-1-4-10-18)28-16-8-12-20(28)24(31)27-14-7-11-19(17-27)22-26-25-21-13-5-2-6-15-29(21)22/h1,3-4,9-10,19-20H,2,5-8,11-17H2. The highest BCUT2D eigenvalue weighted by atomic mass is 16.2. The summed E-state index contributed by atoms with van der Waals surface area (Å²) >= 11 is 0. The van der Waals surface area contributed by atoms with Crippen molar-refractivity contribution in [2.75, 3.05) is 19.6 Å². The highest BCUT2D eigenvalue weighted by molar-refractivity contribution is 5.98. The maximum absolute atomic E-state index is 13.5. The quantitative estimate of drug-likeness (QED) is 0.764. The van der Waals surface area contributed by atoms with Crippen molar-refractivity contribution in [2.24, 2.45) is 0 Å². The van der Waals surface area contributed by atoms with Gasteiger partial charge in [-0.25, -0.2) is 0 Å². The van der Waals surface area contributed by atoms with E-state index in [1.807, 2.05) is 35.2 Å². The number of nitrogens with zero attached hydrogens (tertiary/aromatic N) is 5. The van der Waals surface area contributed by atoms with Crippen molar-refractivity contribution in [3.63, 3.8) is 0 Å². The smallest absolute Gasteiger partial charge is 0.254 e. The van der Waals surface area contributed by atoms with Gasteiger partial charge in [-0.2, -0.15) is 0 Å². The van der Waals surface area contributed by atoms with Crippen molar-refractivity contribution in [1.29, 1.82) is 0 Å². The van der Waals surface area contributed by atoms with E-state index in [4.69, 9.17) is 0 Å². The van der Waals surface area contributed by atoms with Gasteiger partial charge in [0.2, 0.25) is 5.91 Å². The Morgan fingerprint density at radius 1 is 0.871 bits per heavy atom. The van der Waals surface area contributed by atoms with Crippen LogP contribution in [-0.4, -0.2) is 62.1 Å². The molecule has 0 spiro atoms. The second kappa shape index (κ2) is 8.81. The van der Waals surface area contributed by atoms with Crippen LogP contribution in [0.2, 0.25) is 0 Å². The van der Waals surface area contributed by atoms with Crippen LogP contribution < -0.4 is 0 Å². The normalized spacial score (nSPS) is 24.0. The third kappa shape index (κ3) is 3.98. The molecule has 2 aromatic rings. The first-order valence-corrected chi connectivity index (χ1v) is 11.8. The zero-order valence-corrected chi connectivity index (χ0v) is 18.1. The van der Waals surface area contributed by atoms with Crippen LogP contribution in [0.4, 0.5) is 0 Å². The molecule has 1 aromatic carbocycles. The summed E-state index contributed by atoms with van der Waals surface area (Å²) in [6.45, 7) is 3.09. The number of aryl methyl sites for hydroxylation is 1. The highest BCUT2D eigenvalue weighted by Crippen LogP contribution is 2.30. The molecule has 5 rings (SSSR count). The molecule has 3 aliphatic heterocycles. The molecule has 0 N–H and O–H groups in total. The lowest BCUT2D eigenvalue weighted by atomic mass is 9.96. The molecule has 2 saturated heterocycles. The maximum Gasteiger partial charge on any atom is 0.254 e. The third-order valence-electron chi connectivity index (χ3n) is 7.06. The van der Waals surface area contributed by atoms with E-state index in [9.17, 15) is 9.59 Å². The molecule has 7 heteroatoms. The largest absolute Gasteiger partial charge is 0.340 e. The molecule has 31 heavy (non-hydrogen) atoms. The fourth-order valence-electron chi connectivity index (χ4n) is 5.42. The van der Waals surface area contributed by atoms with Crippen LogP contribution in [0.25, 0.3) is 0 Å². The van der Waals surface area contributed by atoms with Crippen LogP contribution in [0.3, 0.4) is 0 Å². The second-order valence-corrected chi connectivity index (χ2v) is 9.08. The molecule has 2 amide bonds. The van der Waals surface area contributed by atoms with Gasteiger partial charge in [0, 0.05) is 44.1 Å². The van der Waals surface area contributed by atoms with Crippen molar-refractivity contribution < 1.29 is 9.59 Å². The van der Waals surface area contributed by atoms with Crippen LogP contribution in [0.15, 0.2) is 30.3 Å². The summed E-state index contributed by atoms with van der Waals surface area (Å²) in [6, 6.07) is 8.96. The first-order valence-electron chi connectivity index (χ1n) is 11.8. The number of benzene rings is 1. The van der Waals surface area contributed by atoms with E-state index in [2.05, 4.69) is 14.8 Å². The van der Waals surface area contributed by atoms with Crippen LogP contribution >= 0.6 is 0 Å². The van der Waals surface area contributed by atoms with Gasteiger partial charge < -0.3 is 14.4 Å². The summed E-state index contributed by atoms with van der Waals surface area (Å²) in [7, 11) is 0. The van der Waals surface area contributed by atoms with Gasteiger partial charge in [0.05, 0.1) is 0 Å². The van der Waals surface area contributed by atoms with Crippen molar-refractivity contribution in [2.45, 2.75) is 69.9 Å². The van der Waals surface area contributed by atoms with Gasteiger partial charge in [0.1, 0.15) is 17.7 Å². The van der Waals surface area contributed by atoms with E-state index in [0.717, 1.165) is 56.8 Å². The number of aromatic nitrogens is 3. The number of amides is 2. The van der Waals surface area contributed by atoms with E-state index < -0.39 is 0 Å². The van der Waals surface area contributed by atoms with Crippen LogP contribution in [0.1, 0.15) is 72.9 Å². The Kier molecular flexibility index (Phi) is 5.74. The van der Waals surface area contributed by atoms with Crippen LogP contribution in [0.5, 0.6) is 0 Å². The fourth-order valence-corrected chi connectivity index (χ4v) is 5.42. The van der Waals surface area contributed by atoms with E-state index in [-0.39, 0.29) is 23.8 Å². The summed E-state index contributed by atoms with van der Waals surface area (Å²) in [4.78, 5) is 30.3. The summed E-state index contributed by atoms with van der Waals surface area (Å²) < 4.78 is 2.31. The highest BCUT2D eigenvalue weighted by Gasteiger charge is 2.39. The lowest BCUT2D eigenvalue weighted by Gasteiger charge is -2.36. The number of likely N-dealkylation sites (tertiary alicyclic amines) is 2. The fraction of sp³-hybridized carbons (Fsp3) is 0.583. The van der Waals surface area contributed by atoms with E-state index >= 15 is 0 Å². The molecule has 0 bridgehead atoms. The molecule has 0 saturated carbocycles. The Balaban J connectivity index is 1.30. The topological polar surface area (TPSA) is 71.3 Å². The predicted octanol–water partition coefficient (Wildman–Crippen LogP) is 3.02. The van der Waals surface area contributed by atoms with Gasteiger partial charge in [-0.3, -0.25) is 9.59 Å². The Morgan fingerprint density at radius 2 is 1.71 bits per heavy atom. The van der Waals surface area contributed by atoms with Crippen LogP contribution in [0, 0.1) is 0 Å². The average molecular weight is 422 g/mol. The number of hydrogen-bond donors (Lipinski definition) is 0. The van der Waals surface area contributed by atoms with E-state index in [1.165, 1.54) is 19.3 Å². The average Bonchev–Trinajstić information content (AvgIpc) is 3.40. The Hall–Kier alpha value is -2.70. The van der Waals surface area contributed by atoms with Crippen molar-refractivity contribution in [1.82, 2.24) is 24.6 Å². The van der Waals surface area contributed by atoms with Crippen molar-refractivity contribution in [3.05, 3.63) is 47.5 Å². The zero-order chi connectivity index (χ0) is 21.2. The minimum absolute atomic E-state index is 0.0345. The first-order chi connectivity index (χ1) is 15.2. The molecular formula is C24H31N5O2. The van der Waals surface area contributed by atoms with Gasteiger partial charge in [-0.1, -0.05) is 24.6 Å². The summed E-state index contributed by atoms with van der Waals surface area (Å²) in [5.41, 5.74) is 0.657. The molecule has 0 aliphatic carbocycles. The minimum atomic E-state index is -0.345. The van der Waals surface area contributed by atoms with E-state index in [1.54, 1.807) is 4.90 Å². The van der Waals surface area contributed by atoms with E-state index in [0.29, 0.717) is 18.7 Å². The molecule has 1 aromatic heterocycles. The first kappa shape index (κ1) is 20.2. The molecule has 2 unspecified atom stereocenters. The number of carbonyl (C=O) groups excluding carboxylic acids is 2. The van der Waals surface area contributed by atoms with Gasteiger partial charge in [-0.05, 0) is 50.7 Å². The SMILES string of the molecule is O=C(C1CCCN1C(=O)c1ccccc1)N1CCCC(c2nnc3n2CCCCC3)C1. The second-order valence-electron chi connectivity index (χ2n) is 9.08. The maximum atomic E-state index is 13.5. The van der Waals surface area contributed by atoms with Crippen molar-refractivity contribution in [3.8, 4) is 0 Å². The van der Waals surface area contributed by atoms with Crippen LogP contribution in [-0.2, 0) is 17.8 Å². The number of carbonyl (C=O) groups is 2. The number of rotatable bonds is 3. The molecule has 2 atom stereocenters. The molecule has 3 aliphatic rings. The van der Waals surface area contributed by atoms with Crippen molar-refractivity contribution >= 4 is 11.8 Å². The Labute approximate surface area is 183 Å². The Bertz CT molecular complexity index is 941. The monoisotopic (exact) mass is 421 g/mol. The Morgan fingerprint density at radius 3 is 2.58 bits per heavy atom. The third-order valence-corrected chi connectivity index (χ3v) is 7.06. The lowest BCUT2D eigenvalue weighted by molar-refractivity contribution is -0.136. The summed E-state index contributed by atoms with van der Waals surface area (Å²) in [5.74, 6) is 2.45. The van der Waals surface area contributed by atoms with Gasteiger partial charge >= 0.3 is 0 Å². The van der Waals surface area contributed by atoms with Gasteiger partial charge in [-0.15, -0.1) is 10.2 Å². The molecule has 7 nitrogen and oxygen atoms in total. The predicted molar refractivity (Wildman–Crippen MR) is 117 cm³/mol. The summed E-state index contributed by atoms with van der Waals surface area (Å²) in [5, 5.41) is 9.01. The lowest BCUT2D eigenvalue weighted by Crippen LogP contribution is -2.50. The van der Waals surface area contributed by atoms with Gasteiger partial charge in [0.15, 0.2) is 0 Å². The molecule has 2 fully saturated rings. The minimum Gasteiger partial charge on any atom is -0.340 e. The molecule has 164 valence electrons.